The fourth-order valence-electron chi connectivity index (χ4n) is 1.86. The second kappa shape index (κ2) is 9.00. The van der Waals surface area contributed by atoms with Crippen LogP contribution in [0, 0.1) is 0 Å². The smallest absolute Gasteiger partial charge is 0.338 e. The van der Waals surface area contributed by atoms with Gasteiger partial charge in [0.2, 0.25) is 5.91 Å². The van der Waals surface area contributed by atoms with E-state index in [9.17, 15) is 9.59 Å². The summed E-state index contributed by atoms with van der Waals surface area (Å²) >= 11 is 1.47. The highest BCUT2D eigenvalue weighted by Gasteiger charge is 2.09. The number of anilines is 1. The monoisotopic (exact) mass is 329 g/mol. The predicted molar refractivity (Wildman–Crippen MR) is 92.8 cm³/mol. The van der Waals surface area contributed by atoms with Gasteiger partial charge in [-0.3, -0.25) is 4.79 Å². The van der Waals surface area contributed by atoms with Crippen molar-refractivity contribution in [2.75, 3.05) is 17.7 Å². The second-order valence-corrected chi connectivity index (χ2v) is 5.92. The largest absolute Gasteiger partial charge is 0.462 e. The van der Waals surface area contributed by atoms with Crippen molar-refractivity contribution in [2.45, 2.75) is 18.2 Å². The molecule has 0 aliphatic carbocycles. The molecule has 120 valence electrons. The van der Waals surface area contributed by atoms with Gasteiger partial charge in [-0.25, -0.2) is 4.79 Å². The van der Waals surface area contributed by atoms with Crippen LogP contribution in [0.1, 0.15) is 23.7 Å². The molecule has 0 atom stereocenters. The first-order chi connectivity index (χ1) is 11.2. The van der Waals surface area contributed by atoms with Crippen LogP contribution < -0.4 is 5.32 Å². The van der Waals surface area contributed by atoms with Gasteiger partial charge in [0, 0.05) is 10.6 Å². The summed E-state index contributed by atoms with van der Waals surface area (Å²) in [4.78, 5) is 24.8. The van der Waals surface area contributed by atoms with Gasteiger partial charge >= 0.3 is 5.97 Å². The molecule has 0 saturated carbocycles. The third-order valence-electron chi connectivity index (χ3n) is 2.93. The number of nitrogens with one attached hydrogen (secondary N) is 1. The molecule has 0 aliphatic rings. The Labute approximate surface area is 140 Å². The van der Waals surface area contributed by atoms with Crippen LogP contribution in [-0.4, -0.2) is 24.2 Å². The highest BCUT2D eigenvalue weighted by molar-refractivity contribution is 8.00. The minimum Gasteiger partial charge on any atom is -0.462 e. The average molecular weight is 329 g/mol. The van der Waals surface area contributed by atoms with E-state index in [0.29, 0.717) is 23.6 Å². The number of benzene rings is 2. The number of amides is 1. The fraction of sp³-hybridized carbons (Fsp3) is 0.222. The van der Waals surface area contributed by atoms with Gasteiger partial charge in [-0.1, -0.05) is 31.2 Å². The third-order valence-corrected chi connectivity index (χ3v) is 3.94. The maximum atomic E-state index is 12.0. The first-order valence-corrected chi connectivity index (χ1v) is 8.42. The number of rotatable bonds is 7. The molecule has 0 aliphatic heterocycles. The lowest BCUT2D eigenvalue weighted by molar-refractivity contribution is -0.113. The molecule has 0 heterocycles. The summed E-state index contributed by atoms with van der Waals surface area (Å²) in [5.41, 5.74) is 1.03. The number of carbonyl (C=O) groups excluding carboxylic acids is 2. The maximum absolute atomic E-state index is 12.0. The number of esters is 1. The van der Waals surface area contributed by atoms with E-state index in [1.54, 1.807) is 24.3 Å². The first kappa shape index (κ1) is 17.1. The number of ether oxygens (including phenoxy) is 1. The standard InChI is InChI=1S/C18H19NO3S/c1-2-11-22-18(21)14-7-6-8-15(12-14)19-17(20)13-23-16-9-4-3-5-10-16/h3-10,12H,2,11,13H2,1H3,(H,19,20). The Balaban J connectivity index is 1.89. The Morgan fingerprint density at radius 2 is 1.87 bits per heavy atom. The molecule has 23 heavy (non-hydrogen) atoms. The van der Waals surface area contributed by atoms with Crippen LogP contribution in [0.25, 0.3) is 0 Å². The zero-order valence-corrected chi connectivity index (χ0v) is 13.8. The van der Waals surface area contributed by atoms with Gasteiger partial charge in [-0.05, 0) is 36.8 Å². The third kappa shape index (κ3) is 5.79. The van der Waals surface area contributed by atoms with E-state index < -0.39 is 0 Å². The molecule has 1 amide bonds. The quantitative estimate of drug-likeness (QED) is 0.616. The normalized spacial score (nSPS) is 10.1. The zero-order valence-electron chi connectivity index (χ0n) is 13.0. The lowest BCUT2D eigenvalue weighted by Crippen LogP contribution is -2.14. The van der Waals surface area contributed by atoms with Gasteiger partial charge in [0.15, 0.2) is 0 Å². The van der Waals surface area contributed by atoms with E-state index in [4.69, 9.17) is 4.74 Å². The van der Waals surface area contributed by atoms with Crippen molar-refractivity contribution in [1.82, 2.24) is 0 Å². The van der Waals surface area contributed by atoms with Crippen molar-refractivity contribution >= 4 is 29.3 Å². The number of hydrogen-bond donors (Lipinski definition) is 1. The van der Waals surface area contributed by atoms with E-state index >= 15 is 0 Å². The molecule has 0 saturated heterocycles. The molecule has 0 aromatic heterocycles. The number of thioether (sulfide) groups is 1. The summed E-state index contributed by atoms with van der Waals surface area (Å²) in [5, 5.41) is 2.80. The Morgan fingerprint density at radius 1 is 1.09 bits per heavy atom. The highest BCUT2D eigenvalue weighted by atomic mass is 32.2. The molecule has 2 aromatic rings. The SMILES string of the molecule is CCCOC(=O)c1cccc(NC(=O)CSc2ccccc2)c1. The molecule has 0 bridgehead atoms. The van der Waals surface area contributed by atoms with Crippen molar-refractivity contribution in [3.63, 3.8) is 0 Å². The minimum absolute atomic E-state index is 0.113. The van der Waals surface area contributed by atoms with E-state index in [-0.39, 0.29) is 11.9 Å². The maximum Gasteiger partial charge on any atom is 0.338 e. The van der Waals surface area contributed by atoms with Crippen molar-refractivity contribution in [1.29, 1.82) is 0 Å². The van der Waals surface area contributed by atoms with Crippen LogP contribution in [0.15, 0.2) is 59.5 Å². The Bertz CT molecular complexity index is 658. The molecule has 0 unspecified atom stereocenters. The lowest BCUT2D eigenvalue weighted by atomic mass is 10.2. The molecule has 0 fully saturated rings. The molecule has 5 heteroatoms. The molecule has 1 N–H and O–H groups in total. The summed E-state index contributed by atoms with van der Waals surface area (Å²) in [6.45, 7) is 2.33. The Morgan fingerprint density at radius 3 is 2.61 bits per heavy atom. The van der Waals surface area contributed by atoms with E-state index in [0.717, 1.165) is 11.3 Å². The van der Waals surface area contributed by atoms with Gasteiger partial charge in [-0.2, -0.15) is 0 Å². The first-order valence-electron chi connectivity index (χ1n) is 7.44. The van der Waals surface area contributed by atoms with Crippen LogP contribution in [-0.2, 0) is 9.53 Å². The number of hydrogen-bond acceptors (Lipinski definition) is 4. The van der Waals surface area contributed by atoms with Crippen LogP contribution in [0.4, 0.5) is 5.69 Å². The zero-order chi connectivity index (χ0) is 16.5. The molecule has 0 spiro atoms. The lowest BCUT2D eigenvalue weighted by Gasteiger charge is -2.07. The molecular weight excluding hydrogens is 310 g/mol. The summed E-state index contributed by atoms with van der Waals surface area (Å²) in [6.07, 6.45) is 0.777. The number of carbonyl (C=O) groups is 2. The van der Waals surface area contributed by atoms with Crippen LogP contribution in [0.2, 0.25) is 0 Å². The van der Waals surface area contributed by atoms with Crippen molar-refractivity contribution < 1.29 is 14.3 Å². The summed E-state index contributed by atoms with van der Waals surface area (Å²) in [5.74, 6) is -0.173. The van der Waals surface area contributed by atoms with Gasteiger partial charge in [0.25, 0.3) is 0 Å². The molecule has 0 radical (unpaired) electrons. The summed E-state index contributed by atoms with van der Waals surface area (Å²) < 4.78 is 5.09. The molecule has 2 rings (SSSR count). The van der Waals surface area contributed by atoms with Crippen LogP contribution in [0.3, 0.4) is 0 Å². The van der Waals surface area contributed by atoms with Gasteiger partial charge in [0.05, 0.1) is 17.9 Å². The van der Waals surface area contributed by atoms with Crippen molar-refractivity contribution in [2.24, 2.45) is 0 Å². The molecule has 2 aromatic carbocycles. The predicted octanol–water partition coefficient (Wildman–Crippen LogP) is 3.98. The van der Waals surface area contributed by atoms with Crippen molar-refractivity contribution in [3.05, 3.63) is 60.2 Å². The summed E-state index contributed by atoms with van der Waals surface area (Å²) in [6, 6.07) is 16.5. The second-order valence-electron chi connectivity index (χ2n) is 4.87. The minimum atomic E-state index is -0.374. The van der Waals surface area contributed by atoms with E-state index in [2.05, 4.69) is 5.32 Å². The summed E-state index contributed by atoms with van der Waals surface area (Å²) in [7, 11) is 0. The van der Waals surface area contributed by atoms with Gasteiger partial charge in [-0.15, -0.1) is 11.8 Å². The molecule has 4 nitrogen and oxygen atoms in total. The van der Waals surface area contributed by atoms with Crippen LogP contribution in [0.5, 0.6) is 0 Å². The van der Waals surface area contributed by atoms with Gasteiger partial charge < -0.3 is 10.1 Å². The van der Waals surface area contributed by atoms with Crippen molar-refractivity contribution in [3.8, 4) is 0 Å². The highest BCUT2D eigenvalue weighted by Crippen LogP contribution is 2.18. The van der Waals surface area contributed by atoms with Gasteiger partial charge in [0.1, 0.15) is 0 Å². The van der Waals surface area contributed by atoms with E-state index in [1.807, 2.05) is 37.3 Å². The Kier molecular flexibility index (Phi) is 6.69. The van der Waals surface area contributed by atoms with E-state index in [1.165, 1.54) is 11.8 Å². The van der Waals surface area contributed by atoms with Crippen LogP contribution >= 0.6 is 11.8 Å². The molecular formula is C18H19NO3S. The Hall–Kier alpha value is -2.27. The topological polar surface area (TPSA) is 55.4 Å². The average Bonchev–Trinajstić information content (AvgIpc) is 2.59. The fourth-order valence-corrected chi connectivity index (χ4v) is 2.58.